The van der Waals surface area contributed by atoms with Crippen LogP contribution in [0.25, 0.3) is 5.57 Å². The lowest BCUT2D eigenvalue weighted by Crippen LogP contribution is -2.55. The zero-order valence-electron chi connectivity index (χ0n) is 14.2. The van der Waals surface area contributed by atoms with Crippen molar-refractivity contribution in [2.24, 2.45) is 0 Å². The lowest BCUT2D eigenvalue weighted by atomic mass is 9.85. The predicted octanol–water partition coefficient (Wildman–Crippen LogP) is 3.98. The molecule has 0 aliphatic carbocycles. The number of benzene rings is 1. The second-order valence-electron chi connectivity index (χ2n) is 7.37. The van der Waals surface area contributed by atoms with E-state index in [1.807, 2.05) is 0 Å². The summed E-state index contributed by atoms with van der Waals surface area (Å²) in [6.07, 6.45) is -2.75. The number of halogens is 3. The second kappa shape index (κ2) is 5.76. The topological polar surface area (TPSA) is 44.8 Å². The number of rotatable bonds is 1. The molecule has 2 aliphatic rings. The summed E-state index contributed by atoms with van der Waals surface area (Å²) in [6, 6.07) is 3.29. The van der Waals surface area contributed by atoms with Gasteiger partial charge in [-0.3, -0.25) is 0 Å². The number of hydrogen-bond donors (Lipinski definition) is 0. The Bertz CT molecular complexity index is 725. The maximum atomic E-state index is 13.0. The molecule has 0 radical (unpaired) electrons. The van der Waals surface area contributed by atoms with Crippen molar-refractivity contribution < 1.29 is 32.2 Å². The monoisotopic (exact) mass is 356 g/mol. The van der Waals surface area contributed by atoms with Gasteiger partial charge < -0.3 is 14.2 Å². The van der Waals surface area contributed by atoms with E-state index < -0.39 is 28.9 Å². The molecule has 3 rings (SSSR count). The smallest absolute Gasteiger partial charge is 0.416 e. The van der Waals surface area contributed by atoms with Crippen LogP contribution in [-0.4, -0.2) is 30.4 Å². The molecule has 1 saturated heterocycles. The molecule has 136 valence electrons. The highest BCUT2D eigenvalue weighted by Gasteiger charge is 2.46. The summed E-state index contributed by atoms with van der Waals surface area (Å²) in [6.45, 7) is 5.79. The Kier molecular flexibility index (Phi) is 4.10. The van der Waals surface area contributed by atoms with E-state index in [9.17, 15) is 18.0 Å². The molecule has 0 atom stereocenters. The van der Waals surface area contributed by atoms with E-state index in [4.69, 9.17) is 14.2 Å². The van der Waals surface area contributed by atoms with Crippen LogP contribution in [0.4, 0.5) is 13.2 Å². The van der Waals surface area contributed by atoms with Crippen LogP contribution in [0.5, 0.6) is 5.75 Å². The minimum atomic E-state index is -4.46. The van der Waals surface area contributed by atoms with E-state index in [0.717, 1.165) is 12.1 Å². The van der Waals surface area contributed by atoms with Crippen LogP contribution in [0.15, 0.2) is 24.3 Å². The van der Waals surface area contributed by atoms with Gasteiger partial charge in [0.2, 0.25) is 0 Å². The molecule has 0 aromatic heterocycles. The van der Waals surface area contributed by atoms with Gasteiger partial charge in [-0.25, -0.2) is 4.79 Å². The van der Waals surface area contributed by atoms with Crippen LogP contribution in [0.1, 0.15) is 38.3 Å². The third-order valence-corrected chi connectivity index (χ3v) is 3.92. The molecule has 0 unspecified atom stereocenters. The van der Waals surface area contributed by atoms with Gasteiger partial charge in [-0.1, -0.05) is 6.07 Å². The number of esters is 1. The van der Waals surface area contributed by atoms with Crippen molar-refractivity contribution in [3.63, 3.8) is 0 Å². The van der Waals surface area contributed by atoms with Crippen LogP contribution >= 0.6 is 0 Å². The largest absolute Gasteiger partial charge is 0.481 e. The van der Waals surface area contributed by atoms with Crippen LogP contribution in [0.3, 0.4) is 0 Å². The van der Waals surface area contributed by atoms with Crippen LogP contribution in [0.2, 0.25) is 0 Å². The van der Waals surface area contributed by atoms with Crippen molar-refractivity contribution in [3.8, 4) is 5.75 Å². The fraction of sp³-hybridized carbons (Fsp3) is 0.500. The van der Waals surface area contributed by atoms with E-state index in [1.165, 1.54) is 12.1 Å². The molecule has 1 fully saturated rings. The first-order valence-electron chi connectivity index (χ1n) is 7.89. The molecule has 0 saturated carbocycles. The second-order valence-corrected chi connectivity index (χ2v) is 7.37. The average Bonchev–Trinajstić information content (AvgIpc) is 2.41. The van der Waals surface area contributed by atoms with Gasteiger partial charge in [-0.2, -0.15) is 13.2 Å². The molecule has 1 aromatic carbocycles. The zero-order valence-corrected chi connectivity index (χ0v) is 14.2. The summed E-state index contributed by atoms with van der Waals surface area (Å²) in [5, 5.41) is 0. The quantitative estimate of drug-likeness (QED) is 0.564. The minimum absolute atomic E-state index is 0.110. The molecule has 2 heterocycles. The van der Waals surface area contributed by atoms with Crippen LogP contribution < -0.4 is 4.74 Å². The highest BCUT2D eigenvalue weighted by Crippen LogP contribution is 2.45. The van der Waals surface area contributed by atoms with Gasteiger partial charge >= 0.3 is 12.1 Å². The molecule has 0 bridgehead atoms. The third kappa shape index (κ3) is 3.81. The van der Waals surface area contributed by atoms with Crippen LogP contribution in [-0.2, 0) is 20.4 Å². The Morgan fingerprint density at radius 1 is 1.24 bits per heavy atom. The predicted molar refractivity (Wildman–Crippen MR) is 84.1 cm³/mol. The zero-order chi connectivity index (χ0) is 18.5. The fourth-order valence-corrected chi connectivity index (χ4v) is 2.85. The normalized spacial score (nSPS) is 20.6. The molecule has 7 heteroatoms. The molecule has 2 aliphatic heterocycles. The van der Waals surface area contributed by atoms with Crippen molar-refractivity contribution in [2.75, 3.05) is 13.2 Å². The fourth-order valence-electron chi connectivity index (χ4n) is 2.85. The summed E-state index contributed by atoms with van der Waals surface area (Å²) in [4.78, 5) is 12.1. The van der Waals surface area contributed by atoms with Gasteiger partial charge in [0, 0.05) is 18.1 Å². The van der Waals surface area contributed by atoms with Crippen molar-refractivity contribution in [1.82, 2.24) is 0 Å². The van der Waals surface area contributed by atoms with E-state index in [2.05, 4.69) is 0 Å². The van der Waals surface area contributed by atoms with Gasteiger partial charge in [0.1, 0.15) is 11.4 Å². The summed E-state index contributed by atoms with van der Waals surface area (Å²) in [7, 11) is 0. The molecular formula is C18H19F3O4. The van der Waals surface area contributed by atoms with E-state index in [-0.39, 0.29) is 19.0 Å². The van der Waals surface area contributed by atoms with Crippen molar-refractivity contribution >= 4 is 11.5 Å². The van der Waals surface area contributed by atoms with Crippen molar-refractivity contribution in [2.45, 2.75) is 44.6 Å². The Morgan fingerprint density at radius 3 is 2.44 bits per heavy atom. The molecular weight excluding hydrogens is 337 g/mol. The van der Waals surface area contributed by atoms with Gasteiger partial charge in [0.05, 0.1) is 18.8 Å². The Hall–Kier alpha value is -2.02. The summed E-state index contributed by atoms with van der Waals surface area (Å²) >= 11 is 0. The summed E-state index contributed by atoms with van der Waals surface area (Å²) in [5.74, 6) is -0.426. The third-order valence-electron chi connectivity index (χ3n) is 3.92. The van der Waals surface area contributed by atoms with E-state index in [0.29, 0.717) is 17.6 Å². The van der Waals surface area contributed by atoms with Gasteiger partial charge in [-0.05, 0) is 38.5 Å². The Balaban J connectivity index is 1.99. The molecule has 0 amide bonds. The standard InChI is InChI=1S/C18H19F3O4/c1-16(2,3)25-15(22)6-11-8-17(9-23-10-17)24-14-7-12(18(19,20)21)4-5-13(11)14/h4-7H,8-10H2,1-3H3/b11-6+. The average molecular weight is 356 g/mol. The number of ether oxygens (including phenoxy) is 3. The van der Waals surface area contributed by atoms with Gasteiger partial charge in [0.15, 0.2) is 5.60 Å². The molecule has 0 N–H and O–H groups in total. The van der Waals surface area contributed by atoms with Crippen molar-refractivity contribution in [1.29, 1.82) is 0 Å². The van der Waals surface area contributed by atoms with Gasteiger partial charge in [0.25, 0.3) is 0 Å². The first-order chi connectivity index (χ1) is 11.5. The van der Waals surface area contributed by atoms with Gasteiger partial charge in [-0.15, -0.1) is 0 Å². The molecule has 1 spiro atoms. The van der Waals surface area contributed by atoms with Crippen molar-refractivity contribution in [3.05, 3.63) is 35.4 Å². The lowest BCUT2D eigenvalue weighted by molar-refractivity contribution is -0.161. The van der Waals surface area contributed by atoms with Crippen LogP contribution in [0, 0.1) is 0 Å². The lowest BCUT2D eigenvalue weighted by Gasteiger charge is -2.45. The Morgan fingerprint density at radius 2 is 1.92 bits per heavy atom. The number of fused-ring (bicyclic) bond motifs is 1. The number of hydrogen-bond acceptors (Lipinski definition) is 4. The minimum Gasteiger partial charge on any atom is -0.481 e. The SMILES string of the molecule is CC(C)(C)OC(=O)/C=C1\CC2(COC2)Oc2cc(C(F)(F)F)ccc21. The first-order valence-corrected chi connectivity index (χ1v) is 7.89. The molecule has 1 aromatic rings. The summed E-state index contributed by atoms with van der Waals surface area (Å²) < 4.78 is 55.2. The maximum Gasteiger partial charge on any atom is 0.416 e. The molecule has 25 heavy (non-hydrogen) atoms. The van der Waals surface area contributed by atoms with E-state index >= 15 is 0 Å². The highest BCUT2D eigenvalue weighted by molar-refractivity contribution is 5.93. The summed E-state index contributed by atoms with van der Waals surface area (Å²) in [5.41, 5.74) is -1.10. The number of carbonyl (C=O) groups excluding carboxylic acids is 1. The first kappa shape index (κ1) is 17.8. The maximum absolute atomic E-state index is 13.0. The Labute approximate surface area is 143 Å². The molecule has 4 nitrogen and oxygen atoms in total. The number of carbonyl (C=O) groups is 1. The highest BCUT2D eigenvalue weighted by atomic mass is 19.4. The van der Waals surface area contributed by atoms with E-state index in [1.54, 1.807) is 20.8 Å². The number of alkyl halides is 3.